The molecular weight excluding hydrogens is 222 g/mol. The number of rotatable bonds is 4. The number of nitrogens with one attached hydrogen (secondary N) is 1. The van der Waals surface area contributed by atoms with Crippen molar-refractivity contribution >= 4 is 0 Å². The van der Waals surface area contributed by atoms with E-state index in [1.807, 2.05) is 0 Å². The fourth-order valence-corrected chi connectivity index (χ4v) is 3.30. The zero-order valence-electron chi connectivity index (χ0n) is 11.2. The number of aliphatic hydroxyl groups excluding tert-OH is 1. The minimum Gasteiger partial charge on any atom is -0.394 e. The molecule has 1 fully saturated rings. The summed E-state index contributed by atoms with van der Waals surface area (Å²) in [6, 6.07) is 9.29. The SMILES string of the molecule is CC(CO)(NC1CCc2ccccc2C1)C1CC1. The first kappa shape index (κ1) is 12.2. The molecule has 2 nitrogen and oxygen atoms in total. The molecular formula is C16H23NO. The van der Waals surface area contributed by atoms with E-state index in [0.29, 0.717) is 12.0 Å². The van der Waals surface area contributed by atoms with E-state index in [4.69, 9.17) is 0 Å². The highest BCUT2D eigenvalue weighted by atomic mass is 16.3. The Morgan fingerprint density at radius 1 is 1.22 bits per heavy atom. The van der Waals surface area contributed by atoms with Gasteiger partial charge in [-0.2, -0.15) is 0 Å². The summed E-state index contributed by atoms with van der Waals surface area (Å²) in [5.74, 6) is 0.680. The molecule has 1 aromatic carbocycles. The second-order valence-electron chi connectivity index (χ2n) is 6.20. The number of hydrogen-bond donors (Lipinski definition) is 2. The Morgan fingerprint density at radius 2 is 1.94 bits per heavy atom. The number of fused-ring (bicyclic) bond motifs is 1. The first-order valence-corrected chi connectivity index (χ1v) is 7.16. The molecule has 2 unspecified atom stereocenters. The number of aryl methyl sites for hydroxylation is 1. The van der Waals surface area contributed by atoms with Crippen molar-refractivity contribution < 1.29 is 5.11 Å². The highest BCUT2D eigenvalue weighted by Gasteiger charge is 2.42. The minimum absolute atomic E-state index is 0.0586. The number of benzene rings is 1. The summed E-state index contributed by atoms with van der Waals surface area (Å²) in [5.41, 5.74) is 2.93. The molecule has 1 aromatic rings. The second-order valence-corrected chi connectivity index (χ2v) is 6.20. The highest BCUT2D eigenvalue weighted by molar-refractivity contribution is 5.30. The molecule has 98 valence electrons. The summed E-state index contributed by atoms with van der Waals surface area (Å²) in [7, 11) is 0. The Hall–Kier alpha value is -0.860. The maximum atomic E-state index is 9.66. The van der Waals surface area contributed by atoms with Crippen molar-refractivity contribution in [2.45, 2.75) is 50.6 Å². The summed E-state index contributed by atoms with van der Waals surface area (Å²) in [5, 5.41) is 13.4. The quantitative estimate of drug-likeness (QED) is 0.853. The van der Waals surface area contributed by atoms with Crippen LogP contribution in [0.25, 0.3) is 0 Å². The van der Waals surface area contributed by atoms with E-state index in [1.54, 1.807) is 0 Å². The van der Waals surface area contributed by atoms with E-state index in [1.165, 1.54) is 36.8 Å². The average Bonchev–Trinajstić information content (AvgIpc) is 3.23. The molecule has 0 bridgehead atoms. The molecule has 18 heavy (non-hydrogen) atoms. The Morgan fingerprint density at radius 3 is 2.61 bits per heavy atom. The molecule has 2 N–H and O–H groups in total. The smallest absolute Gasteiger partial charge is 0.0613 e. The van der Waals surface area contributed by atoms with E-state index >= 15 is 0 Å². The zero-order valence-corrected chi connectivity index (χ0v) is 11.2. The molecule has 0 heterocycles. The lowest BCUT2D eigenvalue weighted by Gasteiger charge is -2.36. The van der Waals surface area contributed by atoms with Crippen LogP contribution >= 0.6 is 0 Å². The number of hydrogen-bond acceptors (Lipinski definition) is 2. The molecule has 1 saturated carbocycles. The van der Waals surface area contributed by atoms with Gasteiger partial charge in [0.15, 0.2) is 0 Å². The van der Waals surface area contributed by atoms with E-state index in [-0.39, 0.29) is 12.1 Å². The zero-order chi connectivity index (χ0) is 12.6. The fraction of sp³-hybridized carbons (Fsp3) is 0.625. The van der Waals surface area contributed by atoms with Gasteiger partial charge in [0.2, 0.25) is 0 Å². The van der Waals surface area contributed by atoms with E-state index in [9.17, 15) is 5.11 Å². The fourth-order valence-electron chi connectivity index (χ4n) is 3.30. The highest BCUT2D eigenvalue weighted by Crippen LogP contribution is 2.40. The van der Waals surface area contributed by atoms with Crippen molar-refractivity contribution in [1.82, 2.24) is 5.32 Å². The average molecular weight is 245 g/mol. The maximum absolute atomic E-state index is 9.66. The molecule has 0 radical (unpaired) electrons. The Bertz CT molecular complexity index is 427. The van der Waals surface area contributed by atoms with Gasteiger partial charge in [0.05, 0.1) is 6.61 Å². The van der Waals surface area contributed by atoms with Crippen LogP contribution in [0.4, 0.5) is 0 Å². The van der Waals surface area contributed by atoms with Crippen LogP contribution < -0.4 is 5.32 Å². The molecule has 0 aromatic heterocycles. The molecule has 2 atom stereocenters. The van der Waals surface area contributed by atoms with Crippen LogP contribution in [0.3, 0.4) is 0 Å². The van der Waals surface area contributed by atoms with Gasteiger partial charge in [-0.1, -0.05) is 24.3 Å². The molecule has 0 aliphatic heterocycles. The summed E-state index contributed by atoms with van der Waals surface area (Å²) < 4.78 is 0. The monoisotopic (exact) mass is 245 g/mol. The van der Waals surface area contributed by atoms with Crippen LogP contribution in [-0.2, 0) is 12.8 Å². The maximum Gasteiger partial charge on any atom is 0.0613 e. The van der Waals surface area contributed by atoms with Crippen LogP contribution in [0.1, 0.15) is 37.3 Å². The van der Waals surface area contributed by atoms with Crippen LogP contribution in [0, 0.1) is 5.92 Å². The van der Waals surface area contributed by atoms with Gasteiger partial charge in [0.25, 0.3) is 0 Å². The van der Waals surface area contributed by atoms with Crippen molar-refractivity contribution in [2.24, 2.45) is 5.92 Å². The van der Waals surface area contributed by atoms with E-state index in [2.05, 4.69) is 36.5 Å². The predicted octanol–water partition coefficient (Wildman–Crippen LogP) is 2.29. The third kappa shape index (κ3) is 2.32. The van der Waals surface area contributed by atoms with Gasteiger partial charge >= 0.3 is 0 Å². The Balaban J connectivity index is 1.69. The van der Waals surface area contributed by atoms with Gasteiger partial charge < -0.3 is 10.4 Å². The topological polar surface area (TPSA) is 32.3 Å². The Labute approximate surface area is 109 Å². The molecule has 0 spiro atoms. The van der Waals surface area contributed by atoms with E-state index in [0.717, 1.165) is 6.42 Å². The first-order chi connectivity index (χ1) is 8.71. The molecule has 0 saturated heterocycles. The molecule has 2 aliphatic carbocycles. The lowest BCUT2D eigenvalue weighted by Crippen LogP contribution is -2.54. The molecule has 0 amide bonds. The van der Waals surface area contributed by atoms with Crippen LogP contribution in [-0.4, -0.2) is 23.3 Å². The van der Waals surface area contributed by atoms with Crippen molar-refractivity contribution in [1.29, 1.82) is 0 Å². The molecule has 2 heteroatoms. The lowest BCUT2D eigenvalue weighted by molar-refractivity contribution is 0.138. The van der Waals surface area contributed by atoms with Gasteiger partial charge in [0, 0.05) is 11.6 Å². The third-order valence-corrected chi connectivity index (χ3v) is 4.69. The van der Waals surface area contributed by atoms with Crippen LogP contribution in [0.15, 0.2) is 24.3 Å². The minimum atomic E-state index is -0.0586. The largest absolute Gasteiger partial charge is 0.394 e. The van der Waals surface area contributed by atoms with Crippen LogP contribution in [0.5, 0.6) is 0 Å². The van der Waals surface area contributed by atoms with Gasteiger partial charge in [0.1, 0.15) is 0 Å². The standard InChI is InChI=1S/C16H23NO/c1-16(11-18,14-7-8-14)17-15-9-6-12-4-2-3-5-13(12)10-15/h2-5,14-15,17-18H,6-11H2,1H3. The normalized spacial score (nSPS) is 26.4. The van der Waals surface area contributed by atoms with Gasteiger partial charge in [-0.3, -0.25) is 0 Å². The lowest BCUT2D eigenvalue weighted by atomic mass is 9.86. The second kappa shape index (κ2) is 4.67. The molecule has 3 rings (SSSR count). The van der Waals surface area contributed by atoms with Crippen molar-refractivity contribution in [2.75, 3.05) is 6.61 Å². The van der Waals surface area contributed by atoms with Crippen molar-refractivity contribution in [3.05, 3.63) is 35.4 Å². The van der Waals surface area contributed by atoms with Gasteiger partial charge in [-0.05, 0) is 56.1 Å². The van der Waals surface area contributed by atoms with Gasteiger partial charge in [-0.15, -0.1) is 0 Å². The first-order valence-electron chi connectivity index (χ1n) is 7.16. The summed E-state index contributed by atoms with van der Waals surface area (Å²) in [6.07, 6.45) is 6.01. The predicted molar refractivity (Wildman–Crippen MR) is 73.6 cm³/mol. The van der Waals surface area contributed by atoms with Crippen molar-refractivity contribution in [3.63, 3.8) is 0 Å². The van der Waals surface area contributed by atoms with Crippen molar-refractivity contribution in [3.8, 4) is 0 Å². The molecule has 2 aliphatic rings. The Kier molecular flexibility index (Phi) is 3.16. The summed E-state index contributed by atoms with van der Waals surface area (Å²) in [6.45, 7) is 2.45. The summed E-state index contributed by atoms with van der Waals surface area (Å²) in [4.78, 5) is 0. The third-order valence-electron chi connectivity index (χ3n) is 4.69. The summed E-state index contributed by atoms with van der Waals surface area (Å²) >= 11 is 0. The van der Waals surface area contributed by atoms with Crippen LogP contribution in [0.2, 0.25) is 0 Å². The van der Waals surface area contributed by atoms with Gasteiger partial charge in [-0.25, -0.2) is 0 Å². The number of aliphatic hydroxyl groups is 1. The van der Waals surface area contributed by atoms with E-state index < -0.39 is 0 Å².